The van der Waals surface area contributed by atoms with Gasteiger partial charge in [-0.1, -0.05) is 18.0 Å². The number of rotatable bonds is 7. The lowest BCUT2D eigenvalue weighted by Gasteiger charge is -2.41. The Morgan fingerprint density at radius 1 is 1.13 bits per heavy atom. The Labute approximate surface area is 183 Å². The second kappa shape index (κ2) is 9.73. The molecule has 0 unspecified atom stereocenters. The Kier molecular flexibility index (Phi) is 7.47. The number of benzene rings is 1. The number of likely N-dealkylation sites (tertiary alicyclic amines) is 1. The van der Waals surface area contributed by atoms with Crippen molar-refractivity contribution >= 4 is 23.4 Å². The second-order valence-electron chi connectivity index (χ2n) is 8.34. The van der Waals surface area contributed by atoms with Gasteiger partial charge in [0, 0.05) is 30.2 Å². The van der Waals surface area contributed by atoms with E-state index in [0.29, 0.717) is 19.5 Å². The molecule has 1 saturated carbocycles. The molecule has 172 valence electrons. The van der Waals surface area contributed by atoms with Crippen molar-refractivity contribution in [2.24, 2.45) is 11.3 Å². The van der Waals surface area contributed by atoms with Gasteiger partial charge in [-0.3, -0.25) is 9.59 Å². The van der Waals surface area contributed by atoms with Crippen molar-refractivity contribution in [2.45, 2.75) is 38.3 Å². The predicted molar refractivity (Wildman–Crippen MR) is 108 cm³/mol. The Hall–Kier alpha value is -1.87. The molecule has 1 aromatic rings. The van der Waals surface area contributed by atoms with Crippen molar-refractivity contribution < 1.29 is 27.2 Å². The van der Waals surface area contributed by atoms with Crippen LogP contribution >= 0.6 is 11.6 Å². The van der Waals surface area contributed by atoms with Gasteiger partial charge in [0.05, 0.1) is 0 Å². The zero-order valence-corrected chi connectivity index (χ0v) is 17.8. The van der Waals surface area contributed by atoms with Crippen LogP contribution in [-0.4, -0.2) is 55.6 Å². The SMILES string of the molecule is O=C(NCC1CCN(CCNC(=O)C2(C(F)(F)F)CCC2)CC1)c1cc(F)cc(Cl)c1. The minimum Gasteiger partial charge on any atom is -0.354 e. The molecule has 2 fully saturated rings. The molecule has 0 radical (unpaired) electrons. The number of carbonyl (C=O) groups excluding carboxylic acids is 2. The summed E-state index contributed by atoms with van der Waals surface area (Å²) in [5, 5.41) is 5.41. The van der Waals surface area contributed by atoms with E-state index in [4.69, 9.17) is 11.6 Å². The van der Waals surface area contributed by atoms with Crippen LogP contribution in [0.2, 0.25) is 5.02 Å². The van der Waals surface area contributed by atoms with Crippen LogP contribution < -0.4 is 10.6 Å². The van der Waals surface area contributed by atoms with Crippen molar-refractivity contribution in [3.63, 3.8) is 0 Å². The number of carbonyl (C=O) groups is 2. The Morgan fingerprint density at radius 3 is 2.35 bits per heavy atom. The first kappa shape index (κ1) is 23.8. The van der Waals surface area contributed by atoms with Gasteiger partial charge in [-0.2, -0.15) is 13.2 Å². The fraction of sp³-hybridized carbons (Fsp3) is 0.619. The van der Waals surface area contributed by atoms with Gasteiger partial charge in [0.25, 0.3) is 5.91 Å². The normalized spacial score (nSPS) is 19.5. The van der Waals surface area contributed by atoms with E-state index in [9.17, 15) is 27.2 Å². The second-order valence-corrected chi connectivity index (χ2v) is 8.78. The molecule has 0 spiro atoms. The number of hydrogen-bond donors (Lipinski definition) is 2. The molecule has 0 atom stereocenters. The molecule has 1 saturated heterocycles. The van der Waals surface area contributed by atoms with Crippen LogP contribution in [0.5, 0.6) is 0 Å². The smallest absolute Gasteiger partial charge is 0.354 e. The van der Waals surface area contributed by atoms with E-state index in [0.717, 1.165) is 38.1 Å². The average Bonchev–Trinajstić information content (AvgIpc) is 2.64. The molecular formula is C21H26ClF4N3O2. The molecule has 1 aromatic carbocycles. The van der Waals surface area contributed by atoms with Gasteiger partial charge in [0.1, 0.15) is 11.2 Å². The molecule has 1 aliphatic carbocycles. The minimum absolute atomic E-state index is 0.138. The molecule has 31 heavy (non-hydrogen) atoms. The van der Waals surface area contributed by atoms with E-state index in [1.54, 1.807) is 0 Å². The summed E-state index contributed by atoms with van der Waals surface area (Å²) in [5.74, 6) is -1.62. The molecule has 1 aliphatic heterocycles. The van der Waals surface area contributed by atoms with Gasteiger partial charge in [0.15, 0.2) is 0 Å². The van der Waals surface area contributed by atoms with Crippen LogP contribution in [0, 0.1) is 17.2 Å². The quantitative estimate of drug-likeness (QED) is 0.605. The van der Waals surface area contributed by atoms with Crippen LogP contribution in [0.4, 0.5) is 17.6 Å². The van der Waals surface area contributed by atoms with E-state index >= 15 is 0 Å². The number of alkyl halides is 3. The standard InChI is InChI=1S/C21H26ClF4N3O2/c22-16-10-15(11-17(23)12-16)18(30)28-13-14-2-7-29(8-3-14)9-6-27-19(31)20(4-1-5-20)21(24,25)26/h10-12,14H,1-9,13H2,(H,27,31)(H,28,30). The summed E-state index contributed by atoms with van der Waals surface area (Å²) in [7, 11) is 0. The number of hydrogen-bond acceptors (Lipinski definition) is 3. The van der Waals surface area contributed by atoms with Crippen LogP contribution in [-0.2, 0) is 4.79 Å². The molecule has 2 N–H and O–H groups in total. The van der Waals surface area contributed by atoms with Crippen LogP contribution in [0.3, 0.4) is 0 Å². The molecule has 1 heterocycles. The summed E-state index contributed by atoms with van der Waals surface area (Å²) < 4.78 is 52.9. The zero-order valence-electron chi connectivity index (χ0n) is 17.0. The topological polar surface area (TPSA) is 61.4 Å². The van der Waals surface area contributed by atoms with E-state index in [1.807, 2.05) is 0 Å². The summed E-state index contributed by atoms with van der Waals surface area (Å²) in [4.78, 5) is 26.3. The van der Waals surface area contributed by atoms with Crippen molar-refractivity contribution in [3.8, 4) is 0 Å². The first-order valence-electron chi connectivity index (χ1n) is 10.4. The van der Waals surface area contributed by atoms with Gasteiger partial charge < -0.3 is 15.5 Å². The number of nitrogens with zero attached hydrogens (tertiary/aromatic N) is 1. The summed E-state index contributed by atoms with van der Waals surface area (Å²) in [6, 6.07) is 3.67. The molecule has 2 aliphatic rings. The highest BCUT2D eigenvalue weighted by Gasteiger charge is 2.63. The maximum Gasteiger partial charge on any atom is 0.403 e. The minimum atomic E-state index is -4.50. The van der Waals surface area contributed by atoms with E-state index in [1.165, 1.54) is 6.07 Å². The Morgan fingerprint density at radius 2 is 1.81 bits per heavy atom. The third kappa shape index (κ3) is 5.68. The lowest BCUT2D eigenvalue weighted by atomic mass is 9.67. The number of piperidine rings is 1. The van der Waals surface area contributed by atoms with Crippen LogP contribution in [0.15, 0.2) is 18.2 Å². The Bertz CT molecular complexity index is 786. The van der Waals surface area contributed by atoms with Crippen molar-refractivity contribution in [3.05, 3.63) is 34.6 Å². The summed E-state index contributed by atoms with van der Waals surface area (Å²) >= 11 is 5.77. The van der Waals surface area contributed by atoms with Gasteiger partial charge in [-0.25, -0.2) is 4.39 Å². The molecular weight excluding hydrogens is 438 g/mol. The number of nitrogens with one attached hydrogen (secondary N) is 2. The highest BCUT2D eigenvalue weighted by atomic mass is 35.5. The molecule has 0 aromatic heterocycles. The van der Waals surface area contributed by atoms with Crippen LogP contribution in [0.25, 0.3) is 0 Å². The molecule has 10 heteroatoms. The van der Waals surface area contributed by atoms with Crippen molar-refractivity contribution in [1.82, 2.24) is 15.5 Å². The molecule has 0 bridgehead atoms. The summed E-state index contributed by atoms with van der Waals surface area (Å²) in [5.41, 5.74) is -2.04. The highest BCUT2D eigenvalue weighted by Crippen LogP contribution is 2.53. The van der Waals surface area contributed by atoms with E-state index < -0.39 is 23.3 Å². The fourth-order valence-corrected chi connectivity index (χ4v) is 4.33. The lowest BCUT2D eigenvalue weighted by Crippen LogP contribution is -2.55. The van der Waals surface area contributed by atoms with Gasteiger partial charge in [-0.15, -0.1) is 0 Å². The van der Waals surface area contributed by atoms with Crippen molar-refractivity contribution in [2.75, 3.05) is 32.7 Å². The summed E-state index contributed by atoms with van der Waals surface area (Å²) in [6.45, 7) is 2.57. The largest absolute Gasteiger partial charge is 0.403 e. The van der Waals surface area contributed by atoms with Gasteiger partial charge >= 0.3 is 6.18 Å². The average molecular weight is 464 g/mol. The monoisotopic (exact) mass is 463 g/mol. The first-order chi connectivity index (χ1) is 14.6. The number of amides is 2. The van der Waals surface area contributed by atoms with E-state index in [2.05, 4.69) is 15.5 Å². The maximum atomic E-state index is 13.4. The zero-order chi connectivity index (χ0) is 22.6. The van der Waals surface area contributed by atoms with Crippen LogP contribution in [0.1, 0.15) is 42.5 Å². The fourth-order valence-electron chi connectivity index (χ4n) is 4.10. The van der Waals surface area contributed by atoms with Crippen molar-refractivity contribution in [1.29, 1.82) is 0 Å². The Balaban J connectivity index is 1.35. The van der Waals surface area contributed by atoms with Gasteiger partial charge in [-0.05, 0) is 62.9 Å². The van der Waals surface area contributed by atoms with E-state index in [-0.39, 0.29) is 41.8 Å². The molecule has 5 nitrogen and oxygen atoms in total. The highest BCUT2D eigenvalue weighted by molar-refractivity contribution is 6.31. The third-order valence-electron chi connectivity index (χ3n) is 6.28. The lowest BCUT2D eigenvalue weighted by molar-refractivity contribution is -0.243. The maximum absolute atomic E-state index is 13.4. The van der Waals surface area contributed by atoms with Gasteiger partial charge in [0.2, 0.25) is 5.91 Å². The molecule has 3 rings (SSSR count). The third-order valence-corrected chi connectivity index (χ3v) is 6.50. The molecule has 2 amide bonds. The summed E-state index contributed by atoms with van der Waals surface area (Å²) in [6.07, 6.45) is -2.74. The first-order valence-corrected chi connectivity index (χ1v) is 10.8. The number of halogens is 5. The predicted octanol–water partition coefficient (Wildman–Crippen LogP) is 3.77.